The SMILES string of the molecule is Cc1ccc(S(=O)(=O)C2(c3nc(C4CNCCN4C)no3)CCCC2)cc1. The van der Waals surface area contributed by atoms with E-state index in [0.29, 0.717) is 23.6 Å². The van der Waals surface area contributed by atoms with Crippen molar-refractivity contribution in [2.75, 3.05) is 26.7 Å². The average Bonchev–Trinajstić information content (AvgIpc) is 3.33. The van der Waals surface area contributed by atoms with E-state index < -0.39 is 14.6 Å². The number of likely N-dealkylation sites (N-methyl/N-ethyl adjacent to an activating group) is 1. The Morgan fingerprint density at radius 3 is 2.59 bits per heavy atom. The van der Waals surface area contributed by atoms with Crippen LogP contribution >= 0.6 is 0 Å². The first-order valence-corrected chi connectivity index (χ1v) is 11.0. The second-order valence-electron chi connectivity index (χ2n) is 7.68. The fourth-order valence-corrected chi connectivity index (χ4v) is 6.22. The van der Waals surface area contributed by atoms with E-state index in [4.69, 9.17) is 4.52 Å². The first-order valence-electron chi connectivity index (χ1n) is 9.50. The van der Waals surface area contributed by atoms with E-state index >= 15 is 0 Å². The molecular formula is C19H26N4O3S. The molecule has 1 atom stereocenters. The van der Waals surface area contributed by atoms with Gasteiger partial charge in [0.2, 0.25) is 5.89 Å². The Kier molecular flexibility index (Phi) is 4.82. The Morgan fingerprint density at radius 1 is 1.22 bits per heavy atom. The minimum atomic E-state index is -3.63. The van der Waals surface area contributed by atoms with E-state index in [2.05, 4.69) is 20.4 Å². The van der Waals surface area contributed by atoms with Gasteiger partial charge in [-0.05, 0) is 38.9 Å². The van der Waals surface area contributed by atoms with Crippen molar-refractivity contribution >= 4 is 9.84 Å². The molecule has 0 bridgehead atoms. The Hall–Kier alpha value is -1.77. The fourth-order valence-electron chi connectivity index (χ4n) is 4.14. The molecule has 8 heteroatoms. The molecule has 7 nitrogen and oxygen atoms in total. The summed E-state index contributed by atoms with van der Waals surface area (Å²) in [6.07, 6.45) is 2.72. The topological polar surface area (TPSA) is 88.3 Å². The third kappa shape index (κ3) is 3.09. The summed E-state index contributed by atoms with van der Waals surface area (Å²) in [6, 6.07) is 7.02. The second kappa shape index (κ2) is 7.00. The number of rotatable bonds is 4. The number of hydrogen-bond donors (Lipinski definition) is 1. The number of benzene rings is 1. The number of hydrogen-bond acceptors (Lipinski definition) is 7. The molecule has 0 amide bonds. The molecule has 1 aromatic carbocycles. The van der Waals surface area contributed by atoms with Gasteiger partial charge in [0, 0.05) is 19.6 Å². The van der Waals surface area contributed by atoms with Crippen LogP contribution in [0.15, 0.2) is 33.7 Å². The Labute approximate surface area is 160 Å². The van der Waals surface area contributed by atoms with E-state index in [1.165, 1.54) is 0 Å². The summed E-state index contributed by atoms with van der Waals surface area (Å²) in [6.45, 7) is 4.48. The van der Waals surface area contributed by atoms with Crippen LogP contribution in [0, 0.1) is 6.92 Å². The highest BCUT2D eigenvalue weighted by molar-refractivity contribution is 7.92. The molecule has 146 valence electrons. The van der Waals surface area contributed by atoms with Gasteiger partial charge in [0.15, 0.2) is 20.4 Å². The third-order valence-corrected chi connectivity index (χ3v) is 8.40. The van der Waals surface area contributed by atoms with Gasteiger partial charge in [-0.1, -0.05) is 35.7 Å². The predicted molar refractivity (Wildman–Crippen MR) is 101 cm³/mol. The highest BCUT2D eigenvalue weighted by atomic mass is 32.2. The van der Waals surface area contributed by atoms with Gasteiger partial charge in [0.1, 0.15) is 0 Å². The number of aryl methyl sites for hydroxylation is 1. The molecule has 2 aliphatic rings. The maximum Gasteiger partial charge on any atom is 0.248 e. The minimum absolute atomic E-state index is 0.00298. The number of nitrogens with one attached hydrogen (secondary N) is 1. The van der Waals surface area contributed by atoms with Crippen LogP contribution in [0.2, 0.25) is 0 Å². The molecule has 2 fully saturated rings. The molecule has 1 unspecified atom stereocenters. The van der Waals surface area contributed by atoms with Gasteiger partial charge in [0.25, 0.3) is 0 Å². The van der Waals surface area contributed by atoms with Crippen molar-refractivity contribution in [1.29, 1.82) is 0 Å². The van der Waals surface area contributed by atoms with Crippen LogP contribution in [-0.4, -0.2) is 50.1 Å². The van der Waals surface area contributed by atoms with E-state index in [-0.39, 0.29) is 11.9 Å². The van der Waals surface area contributed by atoms with Gasteiger partial charge >= 0.3 is 0 Å². The summed E-state index contributed by atoms with van der Waals surface area (Å²) in [5, 5.41) is 7.50. The Morgan fingerprint density at radius 2 is 1.93 bits per heavy atom. The average molecular weight is 391 g/mol. The number of piperazine rings is 1. The Bertz CT molecular complexity index is 901. The molecule has 1 aliphatic heterocycles. The molecule has 0 spiro atoms. The quantitative estimate of drug-likeness (QED) is 0.856. The standard InChI is InChI=1S/C19H26N4O3S/c1-14-5-7-15(8-6-14)27(24,25)19(9-3-4-10-19)18-21-17(22-26-18)16-13-20-11-12-23(16)2/h5-8,16,20H,3-4,9-13H2,1-2H3. The zero-order valence-electron chi connectivity index (χ0n) is 15.8. The van der Waals surface area contributed by atoms with Gasteiger partial charge < -0.3 is 9.84 Å². The lowest BCUT2D eigenvalue weighted by Gasteiger charge is -2.30. The second-order valence-corrected chi connectivity index (χ2v) is 9.94. The van der Waals surface area contributed by atoms with E-state index in [9.17, 15) is 8.42 Å². The van der Waals surface area contributed by atoms with Gasteiger partial charge in [-0.3, -0.25) is 4.90 Å². The first kappa shape index (κ1) is 18.6. The smallest absolute Gasteiger partial charge is 0.248 e. The highest BCUT2D eigenvalue weighted by Crippen LogP contribution is 2.47. The van der Waals surface area contributed by atoms with Crippen LogP contribution in [0.4, 0.5) is 0 Å². The molecule has 1 aliphatic carbocycles. The molecule has 1 N–H and O–H groups in total. The summed E-state index contributed by atoms with van der Waals surface area (Å²) >= 11 is 0. The molecule has 1 saturated carbocycles. The van der Waals surface area contributed by atoms with E-state index in [0.717, 1.165) is 38.0 Å². The molecule has 2 heterocycles. The van der Waals surface area contributed by atoms with E-state index in [1.54, 1.807) is 12.1 Å². The van der Waals surface area contributed by atoms with Crippen molar-refractivity contribution in [2.45, 2.75) is 48.3 Å². The van der Waals surface area contributed by atoms with Gasteiger partial charge in [-0.25, -0.2) is 8.42 Å². The van der Waals surface area contributed by atoms with Gasteiger partial charge in [-0.15, -0.1) is 0 Å². The molecule has 27 heavy (non-hydrogen) atoms. The zero-order chi connectivity index (χ0) is 19.1. The van der Waals surface area contributed by atoms with Crippen LogP contribution < -0.4 is 5.32 Å². The lowest BCUT2D eigenvalue weighted by molar-refractivity contribution is 0.190. The predicted octanol–water partition coefficient (Wildman–Crippen LogP) is 2.20. The van der Waals surface area contributed by atoms with Crippen LogP contribution in [0.3, 0.4) is 0 Å². The molecule has 1 saturated heterocycles. The lowest BCUT2D eigenvalue weighted by atomic mass is 10.1. The van der Waals surface area contributed by atoms with Crippen LogP contribution in [0.1, 0.15) is 49.0 Å². The maximum absolute atomic E-state index is 13.6. The van der Waals surface area contributed by atoms with Crippen molar-refractivity contribution in [3.8, 4) is 0 Å². The molecular weight excluding hydrogens is 364 g/mol. The fraction of sp³-hybridized carbons (Fsp3) is 0.579. The van der Waals surface area contributed by atoms with Gasteiger partial charge in [-0.2, -0.15) is 4.98 Å². The van der Waals surface area contributed by atoms with Crippen molar-refractivity contribution in [1.82, 2.24) is 20.4 Å². The van der Waals surface area contributed by atoms with Crippen LogP contribution in [-0.2, 0) is 14.6 Å². The zero-order valence-corrected chi connectivity index (χ0v) is 16.6. The van der Waals surface area contributed by atoms with Crippen molar-refractivity contribution < 1.29 is 12.9 Å². The van der Waals surface area contributed by atoms with E-state index in [1.807, 2.05) is 26.1 Å². The van der Waals surface area contributed by atoms with Crippen molar-refractivity contribution in [3.63, 3.8) is 0 Å². The number of sulfone groups is 1. The third-order valence-electron chi connectivity index (χ3n) is 5.90. The van der Waals surface area contributed by atoms with Crippen LogP contribution in [0.25, 0.3) is 0 Å². The lowest BCUT2D eigenvalue weighted by Crippen LogP contribution is -2.44. The summed E-state index contributed by atoms with van der Waals surface area (Å²) in [5.74, 6) is 0.805. The van der Waals surface area contributed by atoms with Crippen molar-refractivity contribution in [2.24, 2.45) is 0 Å². The summed E-state index contributed by atoms with van der Waals surface area (Å²) < 4.78 is 31.6. The maximum atomic E-state index is 13.6. The highest BCUT2D eigenvalue weighted by Gasteiger charge is 2.53. The monoisotopic (exact) mass is 390 g/mol. The molecule has 1 aromatic heterocycles. The van der Waals surface area contributed by atoms with Gasteiger partial charge in [0.05, 0.1) is 10.9 Å². The summed E-state index contributed by atoms with van der Waals surface area (Å²) in [5.41, 5.74) is 1.03. The largest absolute Gasteiger partial charge is 0.338 e. The molecule has 4 rings (SSSR count). The molecule has 2 aromatic rings. The summed E-state index contributed by atoms with van der Waals surface area (Å²) in [7, 11) is -1.60. The Balaban J connectivity index is 1.73. The number of aromatic nitrogens is 2. The molecule has 0 radical (unpaired) electrons. The van der Waals surface area contributed by atoms with Crippen molar-refractivity contribution in [3.05, 3.63) is 41.5 Å². The summed E-state index contributed by atoms with van der Waals surface area (Å²) in [4.78, 5) is 7.10. The minimum Gasteiger partial charge on any atom is -0.338 e. The normalized spacial score (nSPS) is 23.6. The van der Waals surface area contributed by atoms with Crippen LogP contribution in [0.5, 0.6) is 0 Å². The first-order chi connectivity index (χ1) is 12.9. The number of nitrogens with zero attached hydrogens (tertiary/aromatic N) is 3.